The first-order valence-corrected chi connectivity index (χ1v) is 9.01. The van der Waals surface area contributed by atoms with Crippen LogP contribution < -0.4 is 20.9 Å². The highest BCUT2D eigenvalue weighted by Gasteiger charge is 2.14. The van der Waals surface area contributed by atoms with Crippen molar-refractivity contribution in [3.8, 4) is 46.8 Å². The van der Waals surface area contributed by atoms with Gasteiger partial charge in [-0.25, -0.2) is 0 Å². The molecule has 6 nitrogen and oxygen atoms in total. The van der Waals surface area contributed by atoms with Crippen LogP contribution in [-0.2, 0) is 0 Å². The number of aromatic hydroxyl groups is 2. The van der Waals surface area contributed by atoms with Gasteiger partial charge in [0.2, 0.25) is 0 Å². The fraction of sp³-hybridized carbons (Fsp3) is 0. The summed E-state index contributed by atoms with van der Waals surface area (Å²) in [6.07, 6.45) is 5.68. The van der Waals surface area contributed by atoms with E-state index < -0.39 is 0 Å². The van der Waals surface area contributed by atoms with Gasteiger partial charge in [0.25, 0.3) is 0 Å². The van der Waals surface area contributed by atoms with Crippen LogP contribution in [0, 0.1) is 12.3 Å². The summed E-state index contributed by atoms with van der Waals surface area (Å²) in [5.41, 5.74) is 12.5. The Labute approximate surface area is 172 Å². The molecular formula is C24H18N2O4. The van der Waals surface area contributed by atoms with Gasteiger partial charge in [-0.15, -0.1) is 6.42 Å². The second-order valence-corrected chi connectivity index (χ2v) is 6.58. The number of hydrogen-bond acceptors (Lipinski definition) is 6. The smallest absolute Gasteiger partial charge is 0.150 e. The minimum Gasteiger partial charge on any atom is -0.506 e. The minimum absolute atomic E-state index is 0.0113. The maximum Gasteiger partial charge on any atom is 0.150 e. The van der Waals surface area contributed by atoms with Gasteiger partial charge in [0.15, 0.2) is 5.75 Å². The Hall–Kier alpha value is -4.50. The second-order valence-electron chi connectivity index (χ2n) is 6.58. The highest BCUT2D eigenvalue weighted by Crippen LogP contribution is 2.40. The number of benzene rings is 4. The zero-order chi connectivity index (χ0) is 21.3. The van der Waals surface area contributed by atoms with Crippen LogP contribution in [0.2, 0.25) is 0 Å². The number of hydrogen-bond donors (Lipinski definition) is 4. The average molecular weight is 398 g/mol. The lowest BCUT2D eigenvalue weighted by Gasteiger charge is -2.15. The molecule has 0 heterocycles. The van der Waals surface area contributed by atoms with E-state index in [0.717, 1.165) is 10.8 Å². The van der Waals surface area contributed by atoms with E-state index in [0.29, 0.717) is 28.6 Å². The molecule has 0 radical (unpaired) electrons. The Morgan fingerprint density at radius 2 is 1.37 bits per heavy atom. The molecule has 0 aliphatic carbocycles. The average Bonchev–Trinajstić information content (AvgIpc) is 2.74. The Bertz CT molecular complexity index is 1310. The lowest BCUT2D eigenvalue weighted by atomic mass is 10.0. The molecule has 0 unspecified atom stereocenters. The summed E-state index contributed by atoms with van der Waals surface area (Å²) >= 11 is 0. The molecule has 0 atom stereocenters. The highest BCUT2D eigenvalue weighted by atomic mass is 16.5. The molecule has 0 aromatic heterocycles. The van der Waals surface area contributed by atoms with E-state index in [1.807, 2.05) is 24.3 Å². The monoisotopic (exact) mass is 398 g/mol. The minimum atomic E-state index is -0.0266. The summed E-state index contributed by atoms with van der Waals surface area (Å²) in [5, 5.41) is 20.8. The fourth-order valence-corrected chi connectivity index (χ4v) is 3.05. The van der Waals surface area contributed by atoms with Crippen molar-refractivity contribution in [1.29, 1.82) is 0 Å². The van der Waals surface area contributed by atoms with Crippen molar-refractivity contribution >= 4 is 22.1 Å². The maximum atomic E-state index is 9.64. The molecule has 0 amide bonds. The van der Waals surface area contributed by atoms with Crippen LogP contribution >= 0.6 is 0 Å². The van der Waals surface area contributed by atoms with Crippen molar-refractivity contribution in [1.82, 2.24) is 0 Å². The number of rotatable bonds is 4. The molecule has 0 saturated heterocycles. The number of fused-ring (bicyclic) bond motifs is 1. The van der Waals surface area contributed by atoms with E-state index in [2.05, 4.69) is 5.92 Å². The van der Waals surface area contributed by atoms with Gasteiger partial charge < -0.3 is 31.2 Å². The Morgan fingerprint density at radius 3 is 1.97 bits per heavy atom. The molecule has 0 aliphatic rings. The number of phenols is 2. The van der Waals surface area contributed by atoms with Crippen molar-refractivity contribution in [2.24, 2.45) is 0 Å². The molecule has 6 heteroatoms. The molecule has 4 aromatic carbocycles. The summed E-state index contributed by atoms with van der Waals surface area (Å²) in [7, 11) is 0. The number of terminal acetylenes is 1. The highest BCUT2D eigenvalue weighted by molar-refractivity contribution is 5.95. The molecule has 4 aromatic rings. The topological polar surface area (TPSA) is 111 Å². The summed E-state index contributed by atoms with van der Waals surface area (Å²) < 4.78 is 12.0. The predicted octanol–water partition coefficient (Wildman–Crippen LogP) is 4.98. The first kappa shape index (κ1) is 18.8. The van der Waals surface area contributed by atoms with E-state index in [1.54, 1.807) is 24.3 Å². The summed E-state index contributed by atoms with van der Waals surface area (Å²) in [6.45, 7) is 0. The first-order valence-electron chi connectivity index (χ1n) is 9.01. The third-order valence-corrected chi connectivity index (χ3v) is 4.57. The van der Waals surface area contributed by atoms with Gasteiger partial charge >= 0.3 is 0 Å². The summed E-state index contributed by atoms with van der Waals surface area (Å²) in [6, 6.07) is 18.3. The van der Waals surface area contributed by atoms with Gasteiger partial charge in [0.1, 0.15) is 28.7 Å². The van der Waals surface area contributed by atoms with Crippen LogP contribution in [0.4, 0.5) is 11.4 Å². The van der Waals surface area contributed by atoms with Crippen LogP contribution in [0.3, 0.4) is 0 Å². The van der Waals surface area contributed by atoms with Crippen LogP contribution in [0.5, 0.6) is 34.5 Å². The number of nitrogens with two attached hydrogens (primary N) is 2. The Morgan fingerprint density at radius 1 is 0.733 bits per heavy atom. The molecule has 0 aliphatic heterocycles. The molecule has 0 fully saturated rings. The van der Waals surface area contributed by atoms with E-state index in [1.165, 1.54) is 18.2 Å². The van der Waals surface area contributed by atoms with Crippen molar-refractivity contribution in [3.63, 3.8) is 0 Å². The van der Waals surface area contributed by atoms with Crippen molar-refractivity contribution in [3.05, 3.63) is 72.3 Å². The SMILES string of the molecule is C#Cc1ccc2c(Oc3ccc(O)c(N)c3)cccc2c1Oc1ccc(O)c(N)c1. The molecule has 6 N–H and O–H groups in total. The van der Waals surface area contributed by atoms with E-state index in [4.69, 9.17) is 27.4 Å². The Balaban J connectivity index is 1.80. The van der Waals surface area contributed by atoms with Crippen molar-refractivity contribution < 1.29 is 19.7 Å². The second kappa shape index (κ2) is 7.49. The lowest BCUT2D eigenvalue weighted by molar-refractivity contribution is 0.467. The van der Waals surface area contributed by atoms with Crippen molar-refractivity contribution in [2.75, 3.05) is 11.5 Å². The van der Waals surface area contributed by atoms with Crippen LogP contribution in [0.1, 0.15) is 5.56 Å². The molecule has 0 saturated carbocycles. The van der Waals surface area contributed by atoms with Gasteiger partial charge in [-0.05, 0) is 42.5 Å². The van der Waals surface area contributed by atoms with Crippen LogP contribution in [-0.4, -0.2) is 10.2 Å². The fourth-order valence-electron chi connectivity index (χ4n) is 3.05. The van der Waals surface area contributed by atoms with Gasteiger partial charge in [-0.1, -0.05) is 18.1 Å². The molecule has 148 valence electrons. The normalized spacial score (nSPS) is 10.5. The zero-order valence-corrected chi connectivity index (χ0v) is 15.8. The standard InChI is InChI=1S/C24H18N2O4/c1-2-14-6-9-17-18(24(14)30-16-8-11-22(28)20(26)13-16)4-3-5-23(17)29-15-7-10-21(27)19(25)12-15/h1,3-13,27-28H,25-26H2. The largest absolute Gasteiger partial charge is 0.506 e. The number of anilines is 2. The van der Waals surface area contributed by atoms with Gasteiger partial charge in [-0.2, -0.15) is 0 Å². The first-order chi connectivity index (χ1) is 14.5. The van der Waals surface area contributed by atoms with E-state index in [-0.39, 0.29) is 22.9 Å². The Kier molecular flexibility index (Phi) is 4.71. The molecule has 0 spiro atoms. The lowest BCUT2D eigenvalue weighted by Crippen LogP contribution is -1.94. The number of nitrogen functional groups attached to an aromatic ring is 2. The van der Waals surface area contributed by atoms with Gasteiger partial charge in [0.05, 0.1) is 16.9 Å². The van der Waals surface area contributed by atoms with Crippen LogP contribution in [0.25, 0.3) is 10.8 Å². The van der Waals surface area contributed by atoms with Crippen LogP contribution in [0.15, 0.2) is 66.7 Å². The van der Waals surface area contributed by atoms with Gasteiger partial charge in [-0.3, -0.25) is 0 Å². The molecule has 30 heavy (non-hydrogen) atoms. The van der Waals surface area contributed by atoms with Crippen molar-refractivity contribution in [2.45, 2.75) is 0 Å². The third kappa shape index (κ3) is 3.48. The molecular weight excluding hydrogens is 380 g/mol. The third-order valence-electron chi connectivity index (χ3n) is 4.57. The van der Waals surface area contributed by atoms with E-state index >= 15 is 0 Å². The molecule has 4 rings (SSSR count). The zero-order valence-electron chi connectivity index (χ0n) is 15.8. The quantitative estimate of drug-likeness (QED) is 0.219. The maximum absolute atomic E-state index is 9.64. The summed E-state index contributed by atoms with van der Waals surface area (Å²) in [5.74, 6) is 4.54. The number of ether oxygens (including phenoxy) is 2. The number of phenolic OH excluding ortho intramolecular Hbond substituents is 2. The van der Waals surface area contributed by atoms with Gasteiger partial charge in [0, 0.05) is 22.9 Å². The summed E-state index contributed by atoms with van der Waals surface area (Å²) in [4.78, 5) is 0. The van der Waals surface area contributed by atoms with E-state index in [9.17, 15) is 10.2 Å². The molecule has 0 bridgehead atoms. The predicted molar refractivity (Wildman–Crippen MR) is 117 cm³/mol.